The van der Waals surface area contributed by atoms with Crippen molar-refractivity contribution >= 4 is 0 Å². The number of allylic oxidation sites excluding steroid dienone is 10. The molecule has 0 aliphatic rings. The average Bonchev–Trinajstić information content (AvgIpc) is 2.73. The first-order chi connectivity index (χ1) is 14.4. The lowest BCUT2D eigenvalue weighted by atomic mass is 9.84. The van der Waals surface area contributed by atoms with Crippen LogP contribution in [0, 0.1) is 0 Å². The molecule has 0 radical (unpaired) electrons. The highest BCUT2D eigenvalue weighted by Gasteiger charge is 2.19. The van der Waals surface area contributed by atoms with E-state index in [1.54, 1.807) is 12.1 Å². The molecule has 0 spiro atoms. The molecule has 0 saturated heterocycles. The van der Waals surface area contributed by atoms with Crippen LogP contribution < -0.4 is 0 Å². The van der Waals surface area contributed by atoms with Gasteiger partial charge >= 0.3 is 0 Å². The third-order valence-electron chi connectivity index (χ3n) is 5.49. The minimum absolute atomic E-state index is 0.180. The Morgan fingerprint density at radius 2 is 1.13 bits per heavy atom. The van der Waals surface area contributed by atoms with Crippen molar-refractivity contribution in [3.05, 3.63) is 93.0 Å². The maximum absolute atomic E-state index is 10.4. The second-order valence-corrected chi connectivity index (χ2v) is 7.96. The number of hydrogen-bond acceptors (Lipinski definition) is 4. The van der Waals surface area contributed by atoms with Gasteiger partial charge in [-0.15, -0.1) is 0 Å². The molecule has 0 aliphatic heterocycles. The first-order valence-electron chi connectivity index (χ1n) is 10.4. The highest BCUT2D eigenvalue weighted by atomic mass is 16.3. The Morgan fingerprint density at radius 3 is 1.48 bits per heavy atom. The standard InChI is InChI=1S/C27H36O4/c1-9-16(3)26(30)20(7)13-18(5)25(22-11-12-23(28)24(29)15-22)19(6)14-21(8)27(31)17(4)10-2/h9-15,25,28-31H,1-8H3/b16-9-,17-10-,18-13+,19-14+,26-20+,27-21+. The summed E-state index contributed by atoms with van der Waals surface area (Å²) >= 11 is 0. The summed E-state index contributed by atoms with van der Waals surface area (Å²) in [6.07, 6.45) is 7.54. The molecule has 0 unspecified atom stereocenters. The Kier molecular flexibility index (Phi) is 9.44. The van der Waals surface area contributed by atoms with E-state index in [0.29, 0.717) is 0 Å². The third kappa shape index (κ3) is 6.68. The Morgan fingerprint density at radius 1 is 0.710 bits per heavy atom. The summed E-state index contributed by atoms with van der Waals surface area (Å²) in [5.41, 5.74) is 5.73. The van der Waals surface area contributed by atoms with Gasteiger partial charge < -0.3 is 20.4 Å². The van der Waals surface area contributed by atoms with Gasteiger partial charge in [0.05, 0.1) is 0 Å². The molecule has 168 valence electrons. The molecule has 0 fully saturated rings. The molecular weight excluding hydrogens is 388 g/mol. The van der Waals surface area contributed by atoms with E-state index in [2.05, 4.69) is 0 Å². The van der Waals surface area contributed by atoms with Gasteiger partial charge in [-0.2, -0.15) is 0 Å². The average molecular weight is 425 g/mol. The molecule has 0 aromatic heterocycles. The molecule has 0 heterocycles. The van der Waals surface area contributed by atoms with Crippen LogP contribution in [0.5, 0.6) is 11.5 Å². The number of hydrogen-bond donors (Lipinski definition) is 4. The van der Waals surface area contributed by atoms with Gasteiger partial charge in [0.1, 0.15) is 11.5 Å². The largest absolute Gasteiger partial charge is 0.507 e. The van der Waals surface area contributed by atoms with Crippen LogP contribution in [0.4, 0.5) is 0 Å². The highest BCUT2D eigenvalue weighted by Crippen LogP contribution is 2.37. The molecule has 0 aliphatic carbocycles. The summed E-state index contributed by atoms with van der Waals surface area (Å²) < 4.78 is 0. The summed E-state index contributed by atoms with van der Waals surface area (Å²) in [7, 11) is 0. The zero-order valence-electron chi connectivity index (χ0n) is 19.9. The fourth-order valence-electron chi connectivity index (χ4n) is 3.49. The van der Waals surface area contributed by atoms with Crippen molar-refractivity contribution in [1.82, 2.24) is 0 Å². The van der Waals surface area contributed by atoms with E-state index < -0.39 is 0 Å². The third-order valence-corrected chi connectivity index (χ3v) is 5.49. The zero-order chi connectivity index (χ0) is 23.9. The maximum Gasteiger partial charge on any atom is 0.157 e. The monoisotopic (exact) mass is 424 g/mol. The summed E-state index contributed by atoms with van der Waals surface area (Å²) in [5, 5.41) is 40.7. The van der Waals surface area contributed by atoms with E-state index in [-0.39, 0.29) is 28.9 Å². The van der Waals surface area contributed by atoms with Crippen LogP contribution in [0.1, 0.15) is 66.9 Å². The number of benzene rings is 1. The molecule has 1 aromatic carbocycles. The van der Waals surface area contributed by atoms with Crippen LogP contribution in [0.3, 0.4) is 0 Å². The Hall–Kier alpha value is -3.14. The van der Waals surface area contributed by atoms with E-state index in [1.807, 2.05) is 79.7 Å². The molecule has 0 amide bonds. The van der Waals surface area contributed by atoms with Gasteiger partial charge in [-0.3, -0.25) is 0 Å². The van der Waals surface area contributed by atoms with Crippen molar-refractivity contribution in [2.45, 2.75) is 61.3 Å². The summed E-state index contributed by atoms with van der Waals surface area (Å²) in [4.78, 5) is 0. The Labute approximate surface area is 186 Å². The normalized spacial score (nSPS) is 16.6. The Bertz CT molecular complexity index is 942. The fraction of sp³-hybridized carbons (Fsp3) is 0.333. The molecule has 4 N–H and O–H groups in total. The number of rotatable bonds is 7. The van der Waals surface area contributed by atoms with Crippen LogP contribution in [0.2, 0.25) is 0 Å². The van der Waals surface area contributed by atoms with E-state index >= 15 is 0 Å². The summed E-state index contributed by atoms with van der Waals surface area (Å²) in [5.74, 6) is -0.140. The van der Waals surface area contributed by atoms with Crippen LogP contribution in [-0.2, 0) is 0 Å². The number of phenolic OH excluding ortho intramolecular Hbond substituents is 2. The zero-order valence-corrected chi connectivity index (χ0v) is 19.9. The number of phenols is 2. The van der Waals surface area contributed by atoms with E-state index in [4.69, 9.17) is 0 Å². The number of aliphatic hydroxyl groups is 2. The molecule has 4 heteroatoms. The molecule has 0 saturated carbocycles. The molecule has 1 rings (SSSR count). The van der Waals surface area contributed by atoms with E-state index in [9.17, 15) is 20.4 Å². The number of aromatic hydroxyl groups is 2. The minimum Gasteiger partial charge on any atom is -0.507 e. The van der Waals surface area contributed by atoms with Crippen molar-refractivity contribution in [3.8, 4) is 11.5 Å². The van der Waals surface area contributed by atoms with Gasteiger partial charge in [-0.25, -0.2) is 0 Å². The van der Waals surface area contributed by atoms with Crippen molar-refractivity contribution in [2.24, 2.45) is 0 Å². The fourth-order valence-corrected chi connectivity index (χ4v) is 3.49. The summed E-state index contributed by atoms with van der Waals surface area (Å²) in [6.45, 7) is 15.1. The van der Waals surface area contributed by atoms with Gasteiger partial charge in [0.2, 0.25) is 0 Å². The van der Waals surface area contributed by atoms with Crippen molar-refractivity contribution in [1.29, 1.82) is 0 Å². The van der Waals surface area contributed by atoms with E-state index in [1.165, 1.54) is 6.07 Å². The van der Waals surface area contributed by atoms with Gasteiger partial charge in [0, 0.05) is 5.92 Å². The van der Waals surface area contributed by atoms with Gasteiger partial charge in [0.15, 0.2) is 11.5 Å². The first-order valence-corrected chi connectivity index (χ1v) is 10.4. The van der Waals surface area contributed by atoms with Crippen LogP contribution >= 0.6 is 0 Å². The Balaban J connectivity index is 3.68. The number of aliphatic hydroxyl groups excluding tert-OH is 2. The SMILES string of the molecule is C\C=C(C)/C(O)=C(C)\C=C(/C)C(/C(C)=C/C(C)=C(O)\C(C)=C/C)c1ccc(O)c(O)c1. The topological polar surface area (TPSA) is 80.9 Å². The van der Waals surface area contributed by atoms with E-state index in [0.717, 1.165) is 39.0 Å². The molecule has 1 aromatic rings. The second kappa shape index (κ2) is 11.3. The molecular formula is C27H36O4. The molecule has 0 atom stereocenters. The lowest BCUT2D eigenvalue weighted by molar-refractivity contribution is 0.403. The van der Waals surface area contributed by atoms with Gasteiger partial charge in [0.25, 0.3) is 0 Å². The quantitative estimate of drug-likeness (QED) is 0.206. The van der Waals surface area contributed by atoms with Crippen molar-refractivity contribution in [3.63, 3.8) is 0 Å². The predicted molar refractivity (Wildman–Crippen MR) is 130 cm³/mol. The van der Waals surface area contributed by atoms with Crippen LogP contribution in [0.15, 0.2) is 87.5 Å². The summed E-state index contributed by atoms with van der Waals surface area (Å²) in [6, 6.07) is 4.77. The maximum atomic E-state index is 10.4. The molecule has 31 heavy (non-hydrogen) atoms. The van der Waals surface area contributed by atoms with Crippen molar-refractivity contribution < 1.29 is 20.4 Å². The second-order valence-electron chi connectivity index (χ2n) is 7.96. The lowest BCUT2D eigenvalue weighted by Crippen LogP contribution is -2.04. The molecule has 4 nitrogen and oxygen atoms in total. The molecule has 0 bridgehead atoms. The van der Waals surface area contributed by atoms with Crippen LogP contribution in [-0.4, -0.2) is 20.4 Å². The highest BCUT2D eigenvalue weighted by molar-refractivity contribution is 5.49. The lowest BCUT2D eigenvalue weighted by Gasteiger charge is -2.21. The smallest absolute Gasteiger partial charge is 0.157 e. The predicted octanol–water partition coefficient (Wildman–Crippen LogP) is 7.67. The van der Waals surface area contributed by atoms with Gasteiger partial charge in [-0.05, 0) is 95.4 Å². The first kappa shape index (κ1) is 25.9. The van der Waals surface area contributed by atoms with Crippen LogP contribution in [0.25, 0.3) is 0 Å². The van der Waals surface area contributed by atoms with Gasteiger partial charge in [-0.1, -0.05) is 41.5 Å². The van der Waals surface area contributed by atoms with Crippen molar-refractivity contribution in [2.75, 3.05) is 0 Å². The minimum atomic E-state index is -0.228.